The Hall–Kier alpha value is -4.01. The van der Waals surface area contributed by atoms with Crippen LogP contribution in [0.4, 0.5) is 5.82 Å². The van der Waals surface area contributed by atoms with E-state index >= 15 is 0 Å². The number of nitrogens with two attached hydrogens (primary N) is 1. The molecule has 0 aliphatic rings. The Morgan fingerprint density at radius 2 is 1.36 bits per heavy atom. The first-order valence-electron chi connectivity index (χ1n) is 10.8. The first-order valence-corrected chi connectivity index (χ1v) is 12.8. The van der Waals surface area contributed by atoms with Crippen LogP contribution in [0, 0.1) is 22.7 Å². The monoisotopic (exact) mass is 521 g/mol. The fourth-order valence-electron chi connectivity index (χ4n) is 3.71. The minimum Gasteiger partial charge on any atom is -0.383 e. The second-order valence-corrected chi connectivity index (χ2v) is 10.2. The van der Waals surface area contributed by atoms with Crippen molar-refractivity contribution < 1.29 is 0 Å². The Morgan fingerprint density at radius 3 is 2.08 bits per heavy atom. The highest BCUT2D eigenvalue weighted by molar-refractivity contribution is 7.99. The Kier molecular flexibility index (Phi) is 6.79. The van der Waals surface area contributed by atoms with Crippen molar-refractivity contribution in [1.29, 1.82) is 10.5 Å². The number of pyridine rings is 2. The average Bonchev–Trinajstić information content (AvgIpc) is 2.90. The van der Waals surface area contributed by atoms with Crippen LogP contribution in [0.1, 0.15) is 11.1 Å². The number of anilines is 1. The number of nitrogen functional groups attached to an aromatic ring is 1. The van der Waals surface area contributed by atoms with E-state index < -0.39 is 0 Å². The lowest BCUT2D eigenvalue weighted by atomic mass is 9.97. The van der Waals surface area contributed by atoms with Gasteiger partial charge in [0.1, 0.15) is 33.6 Å². The van der Waals surface area contributed by atoms with Gasteiger partial charge in [0, 0.05) is 31.3 Å². The molecule has 0 radical (unpaired) electrons. The number of fused-ring (bicyclic) bond motifs is 1. The van der Waals surface area contributed by atoms with Gasteiger partial charge in [0.15, 0.2) is 0 Å². The van der Waals surface area contributed by atoms with Crippen LogP contribution in [-0.2, 0) is 0 Å². The number of nitriles is 2. The molecule has 5 nitrogen and oxygen atoms in total. The molecule has 0 aliphatic heterocycles. The normalized spacial score (nSPS) is 10.6. The lowest BCUT2D eigenvalue weighted by Gasteiger charge is -2.16. The van der Waals surface area contributed by atoms with Gasteiger partial charge in [0.05, 0.1) is 11.1 Å². The van der Waals surface area contributed by atoms with E-state index in [2.05, 4.69) is 17.1 Å². The fraction of sp³-hybridized carbons (Fsp3) is 0. The molecule has 36 heavy (non-hydrogen) atoms. The summed E-state index contributed by atoms with van der Waals surface area (Å²) in [6, 6.07) is 31.2. The van der Waals surface area contributed by atoms with Gasteiger partial charge in [-0.3, -0.25) is 0 Å². The summed E-state index contributed by atoms with van der Waals surface area (Å²) in [4.78, 5) is 11.2. The van der Waals surface area contributed by atoms with Gasteiger partial charge >= 0.3 is 0 Å². The average molecular weight is 522 g/mol. The summed E-state index contributed by atoms with van der Waals surface area (Å²) in [6.45, 7) is 0. The summed E-state index contributed by atoms with van der Waals surface area (Å²) in [5, 5.41) is 22.9. The molecule has 0 atom stereocenters. The molecule has 0 amide bonds. The third-order valence-electron chi connectivity index (χ3n) is 5.36. The summed E-state index contributed by atoms with van der Waals surface area (Å²) in [7, 11) is 0. The lowest BCUT2D eigenvalue weighted by molar-refractivity contribution is 1.10. The van der Waals surface area contributed by atoms with Gasteiger partial charge in [0.2, 0.25) is 0 Å². The van der Waals surface area contributed by atoms with E-state index in [-0.39, 0.29) is 16.9 Å². The van der Waals surface area contributed by atoms with E-state index in [1.54, 1.807) is 12.1 Å². The standard InChI is InChI=1S/C28H16ClN5S2/c29-18-10-12-20(13-11-18)36-28-23(16-31)25(22(15-30)26(32)34-28)21-14-17-6-4-5-9-24(17)33-27(21)35-19-7-2-1-3-8-19/h1-14H,(H2,32,34). The first kappa shape index (κ1) is 23.7. The van der Waals surface area contributed by atoms with E-state index in [1.165, 1.54) is 23.5 Å². The molecule has 2 N–H and O–H groups in total. The molecule has 0 saturated heterocycles. The maximum atomic E-state index is 10.3. The Balaban J connectivity index is 1.77. The highest BCUT2D eigenvalue weighted by Crippen LogP contribution is 2.43. The Bertz CT molecular complexity index is 1670. The molecular weight excluding hydrogens is 506 g/mol. The zero-order valence-electron chi connectivity index (χ0n) is 18.6. The number of para-hydroxylation sites is 1. The van der Waals surface area contributed by atoms with Crippen molar-refractivity contribution in [3.8, 4) is 23.3 Å². The van der Waals surface area contributed by atoms with Crippen molar-refractivity contribution >= 4 is 51.8 Å². The molecule has 2 heterocycles. The van der Waals surface area contributed by atoms with E-state index in [0.29, 0.717) is 26.2 Å². The topological polar surface area (TPSA) is 99.4 Å². The lowest BCUT2D eigenvalue weighted by Crippen LogP contribution is -2.04. The molecule has 0 aliphatic carbocycles. The minimum absolute atomic E-state index is 0.0618. The smallest absolute Gasteiger partial charge is 0.143 e. The molecule has 2 aromatic heterocycles. The summed E-state index contributed by atoms with van der Waals surface area (Å²) in [5.74, 6) is 0.0618. The third-order valence-corrected chi connectivity index (χ3v) is 7.62. The van der Waals surface area contributed by atoms with Gasteiger partial charge in [-0.1, -0.05) is 71.5 Å². The first-order chi connectivity index (χ1) is 17.6. The number of halogens is 1. The van der Waals surface area contributed by atoms with Crippen LogP contribution in [0.5, 0.6) is 0 Å². The molecule has 0 saturated carbocycles. The van der Waals surface area contributed by atoms with Crippen LogP contribution in [0.25, 0.3) is 22.0 Å². The SMILES string of the molecule is N#Cc1c(N)nc(Sc2ccc(Cl)cc2)c(C#N)c1-c1cc2ccccc2nc1Sc1ccccc1. The zero-order chi connectivity index (χ0) is 25.1. The molecule has 8 heteroatoms. The molecule has 0 spiro atoms. The summed E-state index contributed by atoms with van der Waals surface area (Å²) >= 11 is 8.79. The van der Waals surface area contributed by atoms with Crippen LogP contribution < -0.4 is 5.73 Å². The largest absolute Gasteiger partial charge is 0.383 e. The summed E-state index contributed by atoms with van der Waals surface area (Å²) in [5.41, 5.74) is 8.61. The van der Waals surface area contributed by atoms with Crippen molar-refractivity contribution in [2.75, 3.05) is 5.73 Å². The van der Waals surface area contributed by atoms with Gasteiger partial charge in [-0.05, 0) is 48.5 Å². The third kappa shape index (κ3) is 4.73. The number of benzene rings is 3. The Labute approximate surface area is 221 Å². The molecule has 0 fully saturated rings. The number of hydrogen-bond donors (Lipinski definition) is 1. The van der Waals surface area contributed by atoms with Gasteiger partial charge in [0.25, 0.3) is 0 Å². The summed E-state index contributed by atoms with van der Waals surface area (Å²) < 4.78 is 0. The number of nitrogens with zero attached hydrogens (tertiary/aromatic N) is 4. The number of aromatic nitrogens is 2. The van der Waals surface area contributed by atoms with Crippen molar-refractivity contribution in [3.63, 3.8) is 0 Å². The maximum Gasteiger partial charge on any atom is 0.143 e. The van der Waals surface area contributed by atoms with E-state index in [9.17, 15) is 10.5 Å². The second kappa shape index (κ2) is 10.3. The van der Waals surface area contributed by atoms with Crippen LogP contribution in [0.15, 0.2) is 105 Å². The minimum atomic E-state index is 0.0618. The fourth-order valence-corrected chi connectivity index (χ4v) is 5.66. The zero-order valence-corrected chi connectivity index (χ0v) is 21.0. The Morgan fingerprint density at radius 1 is 0.722 bits per heavy atom. The van der Waals surface area contributed by atoms with Gasteiger partial charge in [-0.2, -0.15) is 10.5 Å². The second-order valence-electron chi connectivity index (χ2n) is 7.66. The van der Waals surface area contributed by atoms with Gasteiger partial charge in [-0.15, -0.1) is 0 Å². The molecule has 172 valence electrons. The quantitative estimate of drug-likeness (QED) is 0.254. The van der Waals surface area contributed by atoms with Crippen LogP contribution in [0.2, 0.25) is 5.02 Å². The highest BCUT2D eigenvalue weighted by atomic mass is 35.5. The van der Waals surface area contributed by atoms with Crippen molar-refractivity contribution in [1.82, 2.24) is 9.97 Å². The molecule has 0 unspecified atom stereocenters. The molecule has 5 rings (SSSR count). The number of hydrogen-bond acceptors (Lipinski definition) is 7. The van der Waals surface area contributed by atoms with Crippen molar-refractivity contribution in [3.05, 3.63) is 101 Å². The predicted octanol–water partition coefficient (Wildman–Crippen LogP) is 7.58. The maximum absolute atomic E-state index is 10.3. The molecule has 5 aromatic rings. The highest BCUT2D eigenvalue weighted by Gasteiger charge is 2.24. The molecule has 0 bridgehead atoms. The molecule has 3 aromatic carbocycles. The van der Waals surface area contributed by atoms with Crippen molar-refractivity contribution in [2.45, 2.75) is 19.8 Å². The predicted molar refractivity (Wildman–Crippen MR) is 145 cm³/mol. The number of rotatable bonds is 5. The van der Waals surface area contributed by atoms with Gasteiger partial charge < -0.3 is 5.73 Å². The summed E-state index contributed by atoms with van der Waals surface area (Å²) in [6.07, 6.45) is 0. The van der Waals surface area contributed by atoms with Crippen LogP contribution in [0.3, 0.4) is 0 Å². The van der Waals surface area contributed by atoms with Crippen molar-refractivity contribution in [2.24, 2.45) is 0 Å². The van der Waals surface area contributed by atoms with E-state index in [1.807, 2.05) is 72.8 Å². The van der Waals surface area contributed by atoms with Crippen LogP contribution >= 0.6 is 35.1 Å². The van der Waals surface area contributed by atoms with Gasteiger partial charge in [-0.25, -0.2) is 9.97 Å². The van der Waals surface area contributed by atoms with E-state index in [0.717, 1.165) is 20.7 Å². The van der Waals surface area contributed by atoms with E-state index in [4.69, 9.17) is 22.3 Å². The molecular formula is C28H16ClN5S2. The van der Waals surface area contributed by atoms with Crippen LogP contribution in [-0.4, -0.2) is 9.97 Å².